The van der Waals surface area contributed by atoms with Crippen LogP contribution in [-0.2, 0) is 20.9 Å². The van der Waals surface area contributed by atoms with Gasteiger partial charge in [-0.1, -0.05) is 27.7 Å². The fourth-order valence-electron chi connectivity index (χ4n) is 2.35. The van der Waals surface area contributed by atoms with Crippen LogP contribution < -0.4 is 0 Å². The van der Waals surface area contributed by atoms with Gasteiger partial charge in [0.15, 0.2) is 0 Å². The van der Waals surface area contributed by atoms with Crippen LogP contribution in [0, 0.1) is 0 Å². The number of thioether (sulfide) groups is 1. The van der Waals surface area contributed by atoms with Crippen LogP contribution in [0.3, 0.4) is 0 Å². The van der Waals surface area contributed by atoms with Gasteiger partial charge in [0, 0.05) is 16.6 Å². The monoisotopic (exact) mass is 437 g/mol. The molecule has 10 heteroatoms. The normalized spacial score (nSPS) is 15.7. The number of tetrazole rings is 1. The van der Waals surface area contributed by atoms with Crippen molar-refractivity contribution in [1.29, 1.82) is 0 Å². The molecule has 0 saturated carbocycles. The zero-order valence-electron chi connectivity index (χ0n) is 14.0. The van der Waals surface area contributed by atoms with Crippen molar-refractivity contribution in [1.82, 2.24) is 25.1 Å². The molecule has 1 saturated heterocycles. The molecule has 1 aromatic carbocycles. The first-order valence-electron chi connectivity index (χ1n) is 7.83. The molecule has 0 N–H and O–H groups in total. The number of rotatable bonds is 6. The number of esters is 1. The summed E-state index contributed by atoms with van der Waals surface area (Å²) >= 11 is 4.72. The number of benzene rings is 1. The van der Waals surface area contributed by atoms with Crippen LogP contribution in [-0.4, -0.2) is 56.4 Å². The second-order valence-corrected chi connectivity index (χ2v) is 7.32. The Hall–Kier alpha value is -2.20. The number of halogens is 1. The summed E-state index contributed by atoms with van der Waals surface area (Å²) in [5.74, 6) is 0.395. The molecular formula is C16H16BrN5O3S. The molecule has 26 heavy (non-hydrogen) atoms. The van der Waals surface area contributed by atoms with Gasteiger partial charge in [-0.25, -0.2) is 4.79 Å². The fraction of sp³-hybridized carbons (Fsp3) is 0.312. The van der Waals surface area contributed by atoms with Gasteiger partial charge in [0.05, 0.1) is 30.5 Å². The maximum Gasteiger partial charge on any atom is 0.333 e. The number of hydrogen-bond acceptors (Lipinski definition) is 7. The van der Waals surface area contributed by atoms with Gasteiger partial charge in [0.25, 0.3) is 0 Å². The lowest BCUT2D eigenvalue weighted by Gasteiger charge is -2.16. The minimum absolute atomic E-state index is 0.0211. The lowest BCUT2D eigenvalue weighted by Crippen LogP contribution is -2.27. The van der Waals surface area contributed by atoms with Crippen LogP contribution in [0.4, 0.5) is 0 Å². The van der Waals surface area contributed by atoms with Gasteiger partial charge in [0.1, 0.15) is 0 Å². The Morgan fingerprint density at radius 1 is 1.35 bits per heavy atom. The third-order valence-corrected chi connectivity index (χ3v) is 5.20. The number of amides is 1. The van der Waals surface area contributed by atoms with Crippen molar-refractivity contribution < 1.29 is 14.3 Å². The first-order valence-corrected chi connectivity index (χ1v) is 9.61. The molecule has 1 aliphatic heterocycles. The van der Waals surface area contributed by atoms with Crippen molar-refractivity contribution in [2.24, 2.45) is 0 Å². The zero-order chi connectivity index (χ0) is 18.5. The molecule has 0 atom stereocenters. The predicted molar refractivity (Wildman–Crippen MR) is 99.8 cm³/mol. The molecule has 8 nitrogen and oxygen atoms in total. The van der Waals surface area contributed by atoms with Crippen LogP contribution in [0.5, 0.6) is 0 Å². The topological polar surface area (TPSA) is 90.2 Å². The second-order valence-electron chi connectivity index (χ2n) is 5.41. The summed E-state index contributed by atoms with van der Waals surface area (Å²) in [5, 5.41) is 13.1. The van der Waals surface area contributed by atoms with Gasteiger partial charge < -0.3 is 9.64 Å². The highest BCUT2D eigenvalue weighted by atomic mass is 79.9. The number of aromatic nitrogens is 4. The van der Waals surface area contributed by atoms with E-state index in [9.17, 15) is 9.59 Å². The summed E-state index contributed by atoms with van der Waals surface area (Å²) in [6.45, 7) is 0.993. The summed E-state index contributed by atoms with van der Waals surface area (Å²) < 4.78 is 5.60. The summed E-state index contributed by atoms with van der Waals surface area (Å²) in [4.78, 5) is 26.5. The minimum atomic E-state index is -0.468. The molecule has 0 unspecified atom stereocenters. The Morgan fingerprint density at radius 2 is 2.12 bits per heavy atom. The van der Waals surface area contributed by atoms with Crippen LogP contribution in [0.1, 0.15) is 6.42 Å². The van der Waals surface area contributed by atoms with Crippen LogP contribution >= 0.6 is 27.7 Å². The van der Waals surface area contributed by atoms with Crippen molar-refractivity contribution in [2.45, 2.75) is 13.0 Å². The van der Waals surface area contributed by atoms with Gasteiger partial charge in [-0.15, -0.1) is 10.2 Å². The largest absolute Gasteiger partial charge is 0.466 e. The van der Waals surface area contributed by atoms with Crippen molar-refractivity contribution in [3.05, 3.63) is 39.8 Å². The third-order valence-electron chi connectivity index (χ3n) is 3.65. The fourth-order valence-corrected chi connectivity index (χ4v) is 3.57. The van der Waals surface area contributed by atoms with Gasteiger partial charge in [0.2, 0.25) is 11.7 Å². The quantitative estimate of drug-likeness (QED) is 0.504. The van der Waals surface area contributed by atoms with E-state index in [1.54, 1.807) is 4.90 Å². The molecular weight excluding hydrogens is 422 g/mol. The molecule has 0 aliphatic carbocycles. The Labute approximate surface area is 162 Å². The average Bonchev–Trinajstić information content (AvgIpc) is 3.24. The average molecular weight is 438 g/mol. The van der Waals surface area contributed by atoms with Crippen molar-refractivity contribution in [3.63, 3.8) is 0 Å². The lowest BCUT2D eigenvalue weighted by atomic mass is 10.2. The minimum Gasteiger partial charge on any atom is -0.466 e. The second kappa shape index (κ2) is 8.45. The molecule has 1 aromatic heterocycles. The molecule has 1 amide bonds. The molecule has 136 valence electrons. The molecule has 0 bridgehead atoms. The lowest BCUT2D eigenvalue weighted by molar-refractivity contribution is -0.134. The summed E-state index contributed by atoms with van der Waals surface area (Å²) in [5.41, 5.74) is 0.883. The van der Waals surface area contributed by atoms with Gasteiger partial charge in [-0.05, 0) is 35.9 Å². The van der Waals surface area contributed by atoms with Gasteiger partial charge in [-0.3, -0.25) is 4.79 Å². The van der Waals surface area contributed by atoms with Crippen molar-refractivity contribution in [3.8, 4) is 11.4 Å². The van der Waals surface area contributed by atoms with E-state index in [1.807, 2.05) is 24.3 Å². The van der Waals surface area contributed by atoms with E-state index in [4.69, 9.17) is 0 Å². The third kappa shape index (κ3) is 4.50. The Balaban J connectivity index is 1.58. The van der Waals surface area contributed by atoms with Crippen LogP contribution in [0.25, 0.3) is 11.4 Å². The highest BCUT2D eigenvalue weighted by molar-refractivity contribution is 9.10. The van der Waals surface area contributed by atoms with E-state index >= 15 is 0 Å². The Bertz CT molecular complexity index is 837. The van der Waals surface area contributed by atoms with E-state index in [0.29, 0.717) is 36.1 Å². The van der Waals surface area contributed by atoms with E-state index in [2.05, 4.69) is 36.1 Å². The number of aryl methyl sites for hydroxylation is 1. The summed E-state index contributed by atoms with van der Waals surface area (Å²) in [6, 6.07) is 7.66. The summed E-state index contributed by atoms with van der Waals surface area (Å²) in [6.07, 6.45) is 1.98. The van der Waals surface area contributed by atoms with E-state index < -0.39 is 5.97 Å². The number of carbonyl (C=O) groups is 2. The molecule has 0 spiro atoms. The maximum absolute atomic E-state index is 12.0. The number of carbonyl (C=O) groups excluding carboxylic acids is 2. The molecule has 2 heterocycles. The number of nitrogens with zero attached hydrogens (tertiary/aromatic N) is 5. The van der Waals surface area contributed by atoms with Crippen molar-refractivity contribution >= 4 is 39.6 Å². The highest BCUT2D eigenvalue weighted by Gasteiger charge is 2.27. The smallest absolute Gasteiger partial charge is 0.333 e. The van der Waals surface area contributed by atoms with E-state index in [0.717, 1.165) is 10.0 Å². The van der Waals surface area contributed by atoms with E-state index in [-0.39, 0.29) is 5.91 Å². The maximum atomic E-state index is 12.0. The first kappa shape index (κ1) is 18.6. The standard InChI is InChI=1S/C16H16BrN5O3S/c1-25-15(24)9-14-21(13(23)10-26-14)7-2-8-22-19-16(18-20-22)11-3-5-12(17)6-4-11/h3-6,9H,2,7-8,10H2,1H3/b14-9+. The molecule has 3 rings (SSSR count). The molecule has 2 aromatic rings. The van der Waals surface area contributed by atoms with Crippen LogP contribution in [0.15, 0.2) is 39.8 Å². The van der Waals surface area contributed by atoms with Gasteiger partial charge in [-0.2, -0.15) is 4.80 Å². The SMILES string of the molecule is COC(=O)/C=C1/SCC(=O)N1CCCn1nnc(-c2ccc(Br)cc2)n1. The van der Waals surface area contributed by atoms with Crippen LogP contribution in [0.2, 0.25) is 0 Å². The molecule has 0 radical (unpaired) electrons. The van der Waals surface area contributed by atoms with Gasteiger partial charge >= 0.3 is 5.97 Å². The van der Waals surface area contributed by atoms with Crippen molar-refractivity contribution in [2.75, 3.05) is 19.4 Å². The Morgan fingerprint density at radius 3 is 2.85 bits per heavy atom. The first-order chi connectivity index (χ1) is 12.6. The predicted octanol–water partition coefficient (Wildman–Crippen LogP) is 2.08. The molecule has 1 fully saturated rings. The zero-order valence-corrected chi connectivity index (χ0v) is 16.4. The summed E-state index contributed by atoms with van der Waals surface area (Å²) in [7, 11) is 1.31. The number of methoxy groups -OCH3 is 1. The number of ether oxygens (including phenoxy) is 1. The molecule has 1 aliphatic rings. The van der Waals surface area contributed by atoms with E-state index in [1.165, 1.54) is 29.7 Å². The highest BCUT2D eigenvalue weighted by Crippen LogP contribution is 2.28. The Kier molecular flexibility index (Phi) is 6.04. The number of hydrogen-bond donors (Lipinski definition) is 0.